The Bertz CT molecular complexity index is 1660. The third-order valence-corrected chi connectivity index (χ3v) is 14.7. The van der Waals surface area contributed by atoms with E-state index < -0.39 is 41.4 Å². The molecule has 12 heteroatoms. The zero-order valence-corrected chi connectivity index (χ0v) is 44.3. The molecule has 0 bridgehead atoms. The Morgan fingerprint density at radius 3 is 1.10 bits per heavy atom. The highest BCUT2D eigenvalue weighted by molar-refractivity contribution is 5.77. The quantitative estimate of drug-likeness (QED) is 0.0281. The predicted octanol–water partition coefficient (Wildman–Crippen LogP) is 13.0. The van der Waals surface area contributed by atoms with E-state index in [0.29, 0.717) is 38.8 Å². The van der Waals surface area contributed by atoms with Crippen molar-refractivity contribution in [2.45, 2.75) is 230 Å². The van der Waals surface area contributed by atoms with Gasteiger partial charge in [0, 0.05) is 49.1 Å². The van der Waals surface area contributed by atoms with Crippen LogP contribution in [0.1, 0.15) is 229 Å². The van der Waals surface area contributed by atoms with Crippen LogP contribution in [0.25, 0.3) is 0 Å². The lowest BCUT2D eigenvalue weighted by Gasteiger charge is -2.32. The van der Waals surface area contributed by atoms with Crippen LogP contribution in [0.3, 0.4) is 0 Å². The molecule has 2 aromatic carbocycles. The molecule has 2 aliphatic heterocycles. The maximum absolute atomic E-state index is 13.7. The van der Waals surface area contributed by atoms with Crippen LogP contribution in [-0.4, -0.2) is 75.5 Å². The molecule has 4 unspecified atom stereocenters. The molecule has 0 aromatic heterocycles. The van der Waals surface area contributed by atoms with Crippen LogP contribution in [0, 0.1) is 5.41 Å². The summed E-state index contributed by atoms with van der Waals surface area (Å²) in [6.07, 6.45) is 32.1. The topological polar surface area (TPSA) is 181 Å². The molecule has 0 radical (unpaired) electrons. The second-order valence-corrected chi connectivity index (χ2v) is 21.0. The Morgan fingerprint density at radius 2 is 0.761 bits per heavy atom. The number of rotatable bonds is 42. The number of hydrogen-bond acceptors (Lipinski definition) is 12. The van der Waals surface area contributed by atoms with Gasteiger partial charge in [-0.05, 0) is 48.9 Å². The molecule has 0 fully saturated rings. The molecule has 4 atom stereocenters. The van der Waals surface area contributed by atoms with Crippen molar-refractivity contribution in [3.05, 3.63) is 59.7 Å². The molecule has 2 aromatic rings. The average Bonchev–Trinajstić information content (AvgIpc) is 3.99. The van der Waals surface area contributed by atoms with Crippen molar-refractivity contribution in [3.63, 3.8) is 0 Å². The second-order valence-electron chi connectivity index (χ2n) is 21.0. The van der Waals surface area contributed by atoms with Gasteiger partial charge in [0.05, 0.1) is 0 Å². The first-order valence-electron chi connectivity index (χ1n) is 28.5. The summed E-state index contributed by atoms with van der Waals surface area (Å²) in [4.78, 5) is 54.1. The monoisotopic (exact) mass is 989 g/mol. The molecule has 0 saturated carbocycles. The lowest BCUT2D eigenvalue weighted by Crippen LogP contribution is -2.46. The predicted molar refractivity (Wildman–Crippen MR) is 287 cm³/mol. The van der Waals surface area contributed by atoms with E-state index in [-0.39, 0.29) is 51.1 Å². The summed E-state index contributed by atoms with van der Waals surface area (Å²) in [6.45, 7) is 4.46. The fourth-order valence-electron chi connectivity index (χ4n) is 10.0. The zero-order chi connectivity index (χ0) is 50.8. The molecule has 71 heavy (non-hydrogen) atoms. The van der Waals surface area contributed by atoms with E-state index in [0.717, 1.165) is 61.0 Å². The maximum atomic E-state index is 13.7. The van der Waals surface area contributed by atoms with E-state index in [9.17, 15) is 19.2 Å². The number of nitrogens with two attached hydrogens (primary N) is 2. The Labute approximate surface area is 429 Å². The fourth-order valence-corrected chi connectivity index (χ4v) is 10.0. The number of hydrogen-bond donors (Lipinski definition) is 4. The number of carbonyl (C=O) groups excluding carboxylic acids is 4. The SMILES string of the molecule is CCCCCCCCCCCCCCCC(=O)OCC(COC(=O)CCCCCCCCCCCCCCC)(COC(=O)C(N)CC1CNc2ccccc21)COC(=O)C(N)CC1CNc2ccccc21. The van der Waals surface area contributed by atoms with E-state index in [1.807, 2.05) is 48.5 Å². The van der Waals surface area contributed by atoms with Gasteiger partial charge in [-0.1, -0.05) is 204 Å². The van der Waals surface area contributed by atoms with Crippen molar-refractivity contribution in [2.24, 2.45) is 16.9 Å². The molecule has 4 rings (SSSR count). The van der Waals surface area contributed by atoms with Gasteiger partial charge < -0.3 is 41.0 Å². The number of para-hydroxylation sites is 2. The van der Waals surface area contributed by atoms with Gasteiger partial charge in [-0.2, -0.15) is 0 Å². The third kappa shape index (κ3) is 24.0. The molecule has 2 aliphatic rings. The van der Waals surface area contributed by atoms with Crippen molar-refractivity contribution < 1.29 is 38.1 Å². The Balaban J connectivity index is 1.34. The molecule has 0 amide bonds. The first-order valence-corrected chi connectivity index (χ1v) is 28.5. The normalized spacial score (nSPS) is 15.8. The number of fused-ring (bicyclic) bond motifs is 2. The van der Waals surface area contributed by atoms with Crippen molar-refractivity contribution in [1.82, 2.24) is 0 Å². The van der Waals surface area contributed by atoms with Crippen LogP contribution in [0.5, 0.6) is 0 Å². The summed E-state index contributed by atoms with van der Waals surface area (Å²) >= 11 is 0. The number of ether oxygens (including phenoxy) is 4. The van der Waals surface area contributed by atoms with Crippen LogP contribution >= 0.6 is 0 Å². The molecule has 2 heterocycles. The molecule has 0 saturated heterocycles. The van der Waals surface area contributed by atoms with Crippen molar-refractivity contribution in [3.8, 4) is 0 Å². The maximum Gasteiger partial charge on any atom is 0.322 e. The van der Waals surface area contributed by atoms with E-state index in [4.69, 9.17) is 30.4 Å². The number of anilines is 2. The first kappa shape index (κ1) is 59.4. The minimum absolute atomic E-state index is 0.0140. The summed E-state index contributed by atoms with van der Waals surface area (Å²) in [5.74, 6) is -2.10. The number of unbranched alkanes of at least 4 members (excludes halogenated alkanes) is 24. The molecular formula is C59H96N4O8. The average molecular weight is 989 g/mol. The zero-order valence-electron chi connectivity index (χ0n) is 44.3. The van der Waals surface area contributed by atoms with Crippen LogP contribution in [-0.2, 0) is 38.1 Å². The summed E-state index contributed by atoms with van der Waals surface area (Å²) in [5.41, 5.74) is 15.8. The fraction of sp³-hybridized carbons (Fsp3) is 0.729. The van der Waals surface area contributed by atoms with E-state index in [1.165, 1.54) is 116 Å². The number of carbonyl (C=O) groups is 4. The van der Waals surface area contributed by atoms with Crippen molar-refractivity contribution in [1.29, 1.82) is 0 Å². The summed E-state index contributed by atoms with van der Waals surface area (Å²) in [7, 11) is 0. The van der Waals surface area contributed by atoms with E-state index in [1.54, 1.807) is 0 Å². The second kappa shape index (κ2) is 35.9. The largest absolute Gasteiger partial charge is 0.465 e. The first-order chi connectivity index (χ1) is 34.6. The highest BCUT2D eigenvalue weighted by atomic mass is 16.6. The van der Waals surface area contributed by atoms with Gasteiger partial charge >= 0.3 is 23.9 Å². The molecule has 12 nitrogen and oxygen atoms in total. The highest BCUT2D eigenvalue weighted by Crippen LogP contribution is 2.35. The Morgan fingerprint density at radius 1 is 0.465 bits per heavy atom. The van der Waals surface area contributed by atoms with Crippen LogP contribution < -0.4 is 22.1 Å². The summed E-state index contributed by atoms with van der Waals surface area (Å²) in [5, 5.41) is 6.76. The van der Waals surface area contributed by atoms with Gasteiger partial charge in [-0.3, -0.25) is 19.2 Å². The van der Waals surface area contributed by atoms with Gasteiger partial charge in [-0.25, -0.2) is 0 Å². The van der Waals surface area contributed by atoms with Crippen LogP contribution in [0.2, 0.25) is 0 Å². The smallest absolute Gasteiger partial charge is 0.322 e. The van der Waals surface area contributed by atoms with Crippen LogP contribution in [0.15, 0.2) is 48.5 Å². The van der Waals surface area contributed by atoms with Gasteiger partial charge in [-0.15, -0.1) is 0 Å². The number of nitrogens with one attached hydrogen (secondary N) is 2. The minimum Gasteiger partial charge on any atom is -0.465 e. The van der Waals surface area contributed by atoms with Gasteiger partial charge in [0.1, 0.15) is 43.9 Å². The van der Waals surface area contributed by atoms with Gasteiger partial charge in [0.2, 0.25) is 0 Å². The third-order valence-electron chi connectivity index (χ3n) is 14.7. The summed E-state index contributed by atoms with van der Waals surface area (Å²) < 4.78 is 23.7. The minimum atomic E-state index is -1.41. The molecule has 400 valence electrons. The number of esters is 4. The van der Waals surface area contributed by atoms with E-state index in [2.05, 4.69) is 24.5 Å². The Hall–Kier alpha value is -4.16. The molecule has 0 spiro atoms. The Kier molecular flexibility index (Phi) is 30.0. The van der Waals surface area contributed by atoms with Crippen molar-refractivity contribution >= 4 is 35.3 Å². The lowest BCUT2D eigenvalue weighted by molar-refractivity contribution is -0.171. The van der Waals surface area contributed by atoms with Crippen LogP contribution in [0.4, 0.5) is 11.4 Å². The highest BCUT2D eigenvalue weighted by Gasteiger charge is 2.40. The molecule has 0 aliphatic carbocycles. The lowest BCUT2D eigenvalue weighted by atomic mass is 9.91. The van der Waals surface area contributed by atoms with Gasteiger partial charge in [0.25, 0.3) is 0 Å². The standard InChI is InChI=1S/C59H96N4O8/c1-3-5-7-9-11-13-15-17-19-21-23-25-27-37-55(64)68-43-59(45-70-57(66)51(60)39-47-41-62-53-35-31-29-33-49(47)53,46-71-58(67)52(61)40-48-42-63-54-36-32-30-34-50(48)54)44-69-56(65)38-28-26-24-22-20-18-16-14-12-10-8-6-4-2/h29-36,47-48,51-52,62-63H,3-28,37-46,60-61H2,1-2H3. The van der Waals surface area contributed by atoms with E-state index >= 15 is 0 Å². The molecule has 6 N–H and O–H groups in total. The summed E-state index contributed by atoms with van der Waals surface area (Å²) in [6, 6.07) is 14.0. The van der Waals surface area contributed by atoms with Crippen molar-refractivity contribution in [2.75, 3.05) is 50.2 Å². The van der Waals surface area contributed by atoms with Gasteiger partial charge in [0.15, 0.2) is 0 Å². The number of benzene rings is 2. The molecular weight excluding hydrogens is 893 g/mol.